The first kappa shape index (κ1) is 12.9. The van der Waals surface area contributed by atoms with E-state index in [0.29, 0.717) is 6.04 Å². The molecule has 0 heterocycles. The molecule has 0 aliphatic carbocycles. The SMILES string of the molecule is CCC(O)CCCNC(C)COC. The fraction of sp³-hybridized carbons (Fsp3) is 1.00. The summed E-state index contributed by atoms with van der Waals surface area (Å²) in [6.07, 6.45) is 2.65. The molecule has 0 aromatic carbocycles. The lowest BCUT2D eigenvalue weighted by atomic mass is 10.1. The minimum absolute atomic E-state index is 0.125. The summed E-state index contributed by atoms with van der Waals surface area (Å²) < 4.78 is 4.99. The van der Waals surface area contributed by atoms with E-state index in [0.717, 1.165) is 32.4 Å². The Morgan fingerprint density at radius 1 is 1.46 bits per heavy atom. The minimum Gasteiger partial charge on any atom is -0.393 e. The molecule has 0 saturated carbocycles. The zero-order chi connectivity index (χ0) is 10.1. The standard InChI is InChI=1S/C10H23NO2/c1-4-10(12)6-5-7-11-9(2)8-13-3/h9-12H,4-8H2,1-3H3. The lowest BCUT2D eigenvalue weighted by molar-refractivity contribution is 0.153. The molecule has 0 aromatic heterocycles. The van der Waals surface area contributed by atoms with E-state index in [1.807, 2.05) is 6.92 Å². The second kappa shape index (κ2) is 8.48. The second-order valence-electron chi connectivity index (χ2n) is 3.51. The van der Waals surface area contributed by atoms with Gasteiger partial charge in [0.05, 0.1) is 12.7 Å². The van der Waals surface area contributed by atoms with Gasteiger partial charge in [0.15, 0.2) is 0 Å². The molecule has 0 spiro atoms. The Hall–Kier alpha value is -0.120. The normalized spacial score (nSPS) is 15.7. The monoisotopic (exact) mass is 189 g/mol. The third kappa shape index (κ3) is 8.22. The van der Waals surface area contributed by atoms with Crippen LogP contribution in [-0.2, 0) is 4.74 Å². The predicted molar refractivity (Wildman–Crippen MR) is 54.9 cm³/mol. The average Bonchev–Trinajstić information content (AvgIpc) is 2.12. The molecule has 0 aromatic rings. The molecule has 0 fully saturated rings. The number of aliphatic hydroxyl groups excluding tert-OH is 1. The lowest BCUT2D eigenvalue weighted by Crippen LogP contribution is -2.31. The van der Waals surface area contributed by atoms with E-state index >= 15 is 0 Å². The van der Waals surface area contributed by atoms with E-state index in [9.17, 15) is 5.11 Å². The molecule has 3 nitrogen and oxygen atoms in total. The molecule has 0 radical (unpaired) electrons. The Kier molecular flexibility index (Phi) is 8.40. The number of aliphatic hydroxyl groups is 1. The summed E-state index contributed by atoms with van der Waals surface area (Å²) in [7, 11) is 1.71. The molecule has 2 unspecified atom stereocenters. The van der Waals surface area contributed by atoms with Crippen LogP contribution in [0.4, 0.5) is 0 Å². The molecule has 3 heteroatoms. The van der Waals surface area contributed by atoms with Crippen LogP contribution in [-0.4, -0.2) is 37.5 Å². The number of methoxy groups -OCH3 is 1. The number of ether oxygens (including phenoxy) is 1. The maximum absolute atomic E-state index is 9.27. The topological polar surface area (TPSA) is 41.5 Å². The fourth-order valence-electron chi connectivity index (χ4n) is 1.20. The molecule has 80 valence electrons. The molecule has 0 saturated heterocycles. The van der Waals surface area contributed by atoms with Crippen molar-refractivity contribution in [2.75, 3.05) is 20.3 Å². The van der Waals surface area contributed by atoms with Gasteiger partial charge in [0, 0.05) is 13.2 Å². The van der Waals surface area contributed by atoms with Crippen LogP contribution in [0.3, 0.4) is 0 Å². The molecule has 2 atom stereocenters. The van der Waals surface area contributed by atoms with Gasteiger partial charge in [0.1, 0.15) is 0 Å². The predicted octanol–water partition coefficient (Wildman–Crippen LogP) is 1.16. The van der Waals surface area contributed by atoms with Crippen molar-refractivity contribution in [2.45, 2.75) is 45.3 Å². The Morgan fingerprint density at radius 3 is 2.69 bits per heavy atom. The van der Waals surface area contributed by atoms with Crippen LogP contribution in [0.1, 0.15) is 33.1 Å². The van der Waals surface area contributed by atoms with E-state index in [1.54, 1.807) is 7.11 Å². The molecular formula is C10H23NO2. The van der Waals surface area contributed by atoms with Crippen molar-refractivity contribution in [1.29, 1.82) is 0 Å². The average molecular weight is 189 g/mol. The van der Waals surface area contributed by atoms with Gasteiger partial charge < -0.3 is 15.2 Å². The van der Waals surface area contributed by atoms with Crippen molar-refractivity contribution in [3.63, 3.8) is 0 Å². The van der Waals surface area contributed by atoms with Crippen molar-refractivity contribution in [3.8, 4) is 0 Å². The molecule has 0 rings (SSSR count). The van der Waals surface area contributed by atoms with Gasteiger partial charge in [-0.15, -0.1) is 0 Å². The van der Waals surface area contributed by atoms with Crippen molar-refractivity contribution in [3.05, 3.63) is 0 Å². The molecule has 0 bridgehead atoms. The highest BCUT2D eigenvalue weighted by atomic mass is 16.5. The zero-order valence-corrected chi connectivity index (χ0v) is 9.05. The smallest absolute Gasteiger partial charge is 0.0613 e. The van der Waals surface area contributed by atoms with Crippen molar-refractivity contribution >= 4 is 0 Å². The van der Waals surface area contributed by atoms with Crippen LogP contribution < -0.4 is 5.32 Å². The number of rotatable bonds is 8. The Labute approximate surface area is 81.5 Å². The van der Waals surface area contributed by atoms with Crippen LogP contribution in [0.15, 0.2) is 0 Å². The first-order chi connectivity index (χ1) is 6.20. The first-order valence-corrected chi connectivity index (χ1v) is 5.11. The summed E-state index contributed by atoms with van der Waals surface area (Å²) in [5.74, 6) is 0. The van der Waals surface area contributed by atoms with E-state index in [-0.39, 0.29) is 6.10 Å². The molecule has 2 N–H and O–H groups in total. The Balaban J connectivity index is 3.15. The van der Waals surface area contributed by atoms with Crippen LogP contribution in [0.5, 0.6) is 0 Å². The largest absolute Gasteiger partial charge is 0.393 e. The summed E-state index contributed by atoms with van der Waals surface area (Å²) in [5, 5.41) is 12.6. The summed E-state index contributed by atoms with van der Waals surface area (Å²) >= 11 is 0. The van der Waals surface area contributed by atoms with Crippen molar-refractivity contribution in [1.82, 2.24) is 5.32 Å². The van der Waals surface area contributed by atoms with Gasteiger partial charge in [0.25, 0.3) is 0 Å². The highest BCUT2D eigenvalue weighted by Gasteiger charge is 2.01. The molecule has 0 amide bonds. The fourth-order valence-corrected chi connectivity index (χ4v) is 1.20. The van der Waals surface area contributed by atoms with Crippen LogP contribution in [0.2, 0.25) is 0 Å². The number of nitrogens with one attached hydrogen (secondary N) is 1. The van der Waals surface area contributed by atoms with Gasteiger partial charge >= 0.3 is 0 Å². The highest BCUT2D eigenvalue weighted by Crippen LogP contribution is 1.99. The zero-order valence-electron chi connectivity index (χ0n) is 9.05. The van der Waals surface area contributed by atoms with E-state index in [4.69, 9.17) is 4.74 Å². The molecule has 0 aliphatic heterocycles. The summed E-state index contributed by atoms with van der Waals surface area (Å²) in [4.78, 5) is 0. The van der Waals surface area contributed by atoms with Crippen molar-refractivity contribution < 1.29 is 9.84 Å². The van der Waals surface area contributed by atoms with Gasteiger partial charge in [-0.05, 0) is 32.7 Å². The Morgan fingerprint density at radius 2 is 2.15 bits per heavy atom. The van der Waals surface area contributed by atoms with Crippen LogP contribution in [0.25, 0.3) is 0 Å². The highest BCUT2D eigenvalue weighted by molar-refractivity contribution is 4.60. The third-order valence-electron chi connectivity index (χ3n) is 2.09. The molecule has 13 heavy (non-hydrogen) atoms. The third-order valence-corrected chi connectivity index (χ3v) is 2.09. The number of hydrogen-bond donors (Lipinski definition) is 2. The summed E-state index contributed by atoms with van der Waals surface area (Å²) in [6, 6.07) is 0.406. The van der Waals surface area contributed by atoms with E-state index < -0.39 is 0 Å². The van der Waals surface area contributed by atoms with E-state index in [2.05, 4.69) is 12.2 Å². The van der Waals surface area contributed by atoms with Gasteiger partial charge in [-0.25, -0.2) is 0 Å². The maximum Gasteiger partial charge on any atom is 0.0613 e. The number of hydrogen-bond acceptors (Lipinski definition) is 3. The Bertz CT molecular complexity index is 109. The summed E-state index contributed by atoms with van der Waals surface area (Å²) in [6.45, 7) is 5.81. The van der Waals surface area contributed by atoms with Gasteiger partial charge in [-0.1, -0.05) is 6.92 Å². The lowest BCUT2D eigenvalue weighted by Gasteiger charge is -2.13. The second-order valence-corrected chi connectivity index (χ2v) is 3.51. The van der Waals surface area contributed by atoms with E-state index in [1.165, 1.54) is 0 Å². The van der Waals surface area contributed by atoms with Crippen LogP contribution in [0, 0.1) is 0 Å². The van der Waals surface area contributed by atoms with Gasteiger partial charge in [0.2, 0.25) is 0 Å². The van der Waals surface area contributed by atoms with Gasteiger partial charge in [-0.2, -0.15) is 0 Å². The van der Waals surface area contributed by atoms with Crippen molar-refractivity contribution in [2.24, 2.45) is 0 Å². The molecular weight excluding hydrogens is 166 g/mol. The van der Waals surface area contributed by atoms with Crippen LogP contribution >= 0.6 is 0 Å². The maximum atomic E-state index is 9.27. The minimum atomic E-state index is -0.125. The molecule has 0 aliphatic rings. The quantitative estimate of drug-likeness (QED) is 0.563. The first-order valence-electron chi connectivity index (χ1n) is 5.11. The summed E-state index contributed by atoms with van der Waals surface area (Å²) in [5.41, 5.74) is 0. The van der Waals surface area contributed by atoms with Gasteiger partial charge in [-0.3, -0.25) is 0 Å².